The number of hydrogen-bond donors (Lipinski definition) is 1. The third-order valence-electron chi connectivity index (χ3n) is 3.64. The van der Waals surface area contributed by atoms with Crippen LogP contribution in [-0.2, 0) is 6.42 Å². The van der Waals surface area contributed by atoms with E-state index in [1.165, 1.54) is 25.7 Å². The van der Waals surface area contributed by atoms with Crippen molar-refractivity contribution >= 4 is 0 Å². The first-order valence-corrected chi connectivity index (χ1v) is 5.68. The molecule has 3 heterocycles. The van der Waals surface area contributed by atoms with Crippen molar-refractivity contribution < 1.29 is 4.42 Å². The Morgan fingerprint density at radius 2 is 2.07 bits per heavy atom. The summed E-state index contributed by atoms with van der Waals surface area (Å²) in [4.78, 5) is 0. The smallest absolute Gasteiger partial charge is 0.104 e. The summed E-state index contributed by atoms with van der Waals surface area (Å²) in [5.41, 5.74) is 0. The highest BCUT2D eigenvalue weighted by molar-refractivity contribution is 5.02. The molecule has 3 rings (SSSR count). The van der Waals surface area contributed by atoms with Gasteiger partial charge >= 0.3 is 0 Å². The number of piperidine rings is 1. The quantitative estimate of drug-likeness (QED) is 0.776. The number of furan rings is 1. The van der Waals surface area contributed by atoms with Crippen LogP contribution < -0.4 is 5.32 Å². The molecular formula is C12H17NO. The van der Waals surface area contributed by atoms with Crippen LogP contribution in [-0.4, -0.2) is 12.1 Å². The molecule has 2 heteroatoms. The van der Waals surface area contributed by atoms with E-state index in [0.29, 0.717) is 0 Å². The fourth-order valence-corrected chi connectivity index (χ4v) is 3.06. The van der Waals surface area contributed by atoms with E-state index in [4.69, 9.17) is 4.42 Å². The van der Waals surface area contributed by atoms with E-state index < -0.39 is 0 Å². The fourth-order valence-electron chi connectivity index (χ4n) is 3.06. The molecule has 0 radical (unpaired) electrons. The molecule has 2 fully saturated rings. The van der Waals surface area contributed by atoms with Crippen LogP contribution in [0.5, 0.6) is 0 Å². The van der Waals surface area contributed by atoms with Crippen molar-refractivity contribution in [2.24, 2.45) is 5.92 Å². The third kappa shape index (κ3) is 1.59. The Balaban J connectivity index is 1.64. The van der Waals surface area contributed by atoms with Gasteiger partial charge in [0.25, 0.3) is 0 Å². The maximum absolute atomic E-state index is 5.41. The second-order valence-corrected chi connectivity index (χ2v) is 4.76. The van der Waals surface area contributed by atoms with Crippen molar-refractivity contribution in [3.63, 3.8) is 0 Å². The zero-order valence-corrected chi connectivity index (χ0v) is 8.41. The highest BCUT2D eigenvalue weighted by Gasteiger charge is 2.33. The van der Waals surface area contributed by atoms with Crippen LogP contribution in [0.2, 0.25) is 0 Å². The summed E-state index contributed by atoms with van der Waals surface area (Å²) in [6.45, 7) is 0. The van der Waals surface area contributed by atoms with E-state index in [9.17, 15) is 0 Å². The van der Waals surface area contributed by atoms with Gasteiger partial charge in [-0.3, -0.25) is 0 Å². The Morgan fingerprint density at radius 1 is 1.29 bits per heavy atom. The molecule has 2 bridgehead atoms. The lowest BCUT2D eigenvalue weighted by atomic mass is 9.89. The standard InChI is InChI=1S/C12H17NO/c1-2-12(14-5-1)8-9-6-10-3-4-11(7-9)13-10/h1-2,5,9-11,13H,3-4,6-8H2/t9?,10-,11+. The molecule has 1 N–H and O–H groups in total. The van der Waals surface area contributed by atoms with Crippen molar-refractivity contribution in [3.8, 4) is 0 Å². The van der Waals surface area contributed by atoms with E-state index in [1.54, 1.807) is 6.26 Å². The average molecular weight is 191 g/mol. The minimum absolute atomic E-state index is 0.800. The van der Waals surface area contributed by atoms with Crippen LogP contribution in [0.25, 0.3) is 0 Å². The van der Waals surface area contributed by atoms with Gasteiger partial charge in [0, 0.05) is 18.5 Å². The normalized spacial score (nSPS) is 36.1. The SMILES string of the molecule is c1coc(CC2C[C@H]3CC[C@@H](C2)N3)c1. The number of fused-ring (bicyclic) bond motifs is 2. The highest BCUT2D eigenvalue weighted by Crippen LogP contribution is 2.32. The second-order valence-electron chi connectivity index (χ2n) is 4.76. The molecule has 2 nitrogen and oxygen atoms in total. The lowest BCUT2D eigenvalue weighted by Crippen LogP contribution is -2.38. The van der Waals surface area contributed by atoms with Gasteiger partial charge in [0.15, 0.2) is 0 Å². The van der Waals surface area contributed by atoms with Gasteiger partial charge in [-0.25, -0.2) is 0 Å². The van der Waals surface area contributed by atoms with E-state index in [2.05, 4.69) is 11.4 Å². The first-order chi connectivity index (χ1) is 6.90. The Hall–Kier alpha value is -0.760. The van der Waals surface area contributed by atoms with Gasteiger partial charge in [-0.05, 0) is 43.7 Å². The van der Waals surface area contributed by atoms with Gasteiger partial charge in [0.1, 0.15) is 5.76 Å². The molecule has 1 unspecified atom stereocenters. The molecule has 2 saturated heterocycles. The molecule has 0 spiro atoms. The minimum atomic E-state index is 0.800. The Morgan fingerprint density at radius 3 is 2.71 bits per heavy atom. The topological polar surface area (TPSA) is 25.2 Å². The summed E-state index contributed by atoms with van der Waals surface area (Å²) >= 11 is 0. The van der Waals surface area contributed by atoms with Gasteiger partial charge in [0.05, 0.1) is 6.26 Å². The van der Waals surface area contributed by atoms with E-state index in [0.717, 1.165) is 30.2 Å². The van der Waals surface area contributed by atoms with Crippen LogP contribution in [0, 0.1) is 5.92 Å². The van der Waals surface area contributed by atoms with Crippen molar-refractivity contribution in [1.82, 2.24) is 5.32 Å². The molecule has 0 amide bonds. The van der Waals surface area contributed by atoms with Crippen molar-refractivity contribution in [2.75, 3.05) is 0 Å². The lowest BCUT2D eigenvalue weighted by Gasteiger charge is -2.28. The predicted molar refractivity (Wildman–Crippen MR) is 55.1 cm³/mol. The largest absolute Gasteiger partial charge is 0.469 e. The summed E-state index contributed by atoms with van der Waals surface area (Å²) in [6, 6.07) is 5.69. The molecule has 1 aromatic rings. The van der Waals surface area contributed by atoms with Gasteiger partial charge < -0.3 is 9.73 Å². The Kier molecular flexibility index (Phi) is 2.09. The van der Waals surface area contributed by atoms with Crippen LogP contribution in [0.15, 0.2) is 22.8 Å². The summed E-state index contributed by atoms with van der Waals surface area (Å²) in [5.74, 6) is 2.01. The molecule has 2 aliphatic heterocycles. The van der Waals surface area contributed by atoms with Gasteiger partial charge in [-0.1, -0.05) is 0 Å². The molecule has 0 saturated carbocycles. The predicted octanol–water partition coefficient (Wildman–Crippen LogP) is 2.35. The zero-order valence-electron chi connectivity index (χ0n) is 8.41. The first-order valence-electron chi connectivity index (χ1n) is 5.68. The maximum Gasteiger partial charge on any atom is 0.104 e. The maximum atomic E-state index is 5.41. The minimum Gasteiger partial charge on any atom is -0.469 e. The van der Waals surface area contributed by atoms with E-state index >= 15 is 0 Å². The number of hydrogen-bond acceptors (Lipinski definition) is 2. The average Bonchev–Trinajstić information content (AvgIpc) is 2.77. The first kappa shape index (κ1) is 8.54. The van der Waals surface area contributed by atoms with Crippen LogP contribution in [0.3, 0.4) is 0 Å². The van der Waals surface area contributed by atoms with Crippen molar-refractivity contribution in [3.05, 3.63) is 24.2 Å². The molecule has 14 heavy (non-hydrogen) atoms. The molecule has 0 aliphatic carbocycles. The fraction of sp³-hybridized carbons (Fsp3) is 0.667. The van der Waals surface area contributed by atoms with Crippen molar-refractivity contribution in [2.45, 2.75) is 44.2 Å². The monoisotopic (exact) mass is 191 g/mol. The zero-order chi connectivity index (χ0) is 9.38. The van der Waals surface area contributed by atoms with Crippen molar-refractivity contribution in [1.29, 1.82) is 0 Å². The number of nitrogens with one attached hydrogen (secondary N) is 1. The van der Waals surface area contributed by atoms with Crippen LogP contribution in [0.4, 0.5) is 0 Å². The van der Waals surface area contributed by atoms with Crippen LogP contribution in [0.1, 0.15) is 31.4 Å². The summed E-state index contributed by atoms with van der Waals surface area (Å²) in [7, 11) is 0. The van der Waals surface area contributed by atoms with E-state index in [1.807, 2.05) is 6.07 Å². The van der Waals surface area contributed by atoms with Crippen LogP contribution >= 0.6 is 0 Å². The lowest BCUT2D eigenvalue weighted by molar-refractivity contribution is 0.285. The molecule has 2 aliphatic rings. The van der Waals surface area contributed by atoms with Gasteiger partial charge in [-0.2, -0.15) is 0 Å². The molecular weight excluding hydrogens is 174 g/mol. The Labute approximate surface area is 84.7 Å². The Bertz CT molecular complexity index is 281. The number of rotatable bonds is 2. The summed E-state index contributed by atoms with van der Waals surface area (Å²) in [6.07, 6.45) is 8.39. The van der Waals surface area contributed by atoms with E-state index in [-0.39, 0.29) is 0 Å². The molecule has 76 valence electrons. The summed E-state index contributed by atoms with van der Waals surface area (Å²) < 4.78 is 5.41. The molecule has 0 aromatic carbocycles. The second kappa shape index (κ2) is 3.43. The van der Waals surface area contributed by atoms with Gasteiger partial charge in [0.2, 0.25) is 0 Å². The summed E-state index contributed by atoms with van der Waals surface area (Å²) in [5, 5.41) is 3.67. The molecule has 1 aromatic heterocycles. The van der Waals surface area contributed by atoms with Gasteiger partial charge in [-0.15, -0.1) is 0 Å². The third-order valence-corrected chi connectivity index (χ3v) is 3.64. The highest BCUT2D eigenvalue weighted by atomic mass is 16.3. The molecule has 3 atom stereocenters.